The summed E-state index contributed by atoms with van der Waals surface area (Å²) in [5.74, 6) is -0.00876. The molecule has 0 aliphatic rings. The summed E-state index contributed by atoms with van der Waals surface area (Å²) in [4.78, 5) is 10.3. The molecule has 0 aromatic carbocycles. The molecule has 0 aromatic heterocycles. The SMILES string of the molecule is COC(C)(C)OOCCC(C)CCC=C(C)C. The summed E-state index contributed by atoms with van der Waals surface area (Å²) in [6.07, 6.45) is 5.63. The largest absolute Gasteiger partial charge is 0.351 e. The molecule has 0 bridgehead atoms. The summed E-state index contributed by atoms with van der Waals surface area (Å²) in [5.41, 5.74) is 1.39. The van der Waals surface area contributed by atoms with Crippen LogP contribution in [0.3, 0.4) is 0 Å². The molecule has 0 aromatic rings. The molecular formula is C14H28O3. The van der Waals surface area contributed by atoms with E-state index >= 15 is 0 Å². The van der Waals surface area contributed by atoms with Gasteiger partial charge in [0, 0.05) is 7.11 Å². The third-order valence-electron chi connectivity index (χ3n) is 2.66. The van der Waals surface area contributed by atoms with Gasteiger partial charge in [-0.1, -0.05) is 18.6 Å². The average Bonchev–Trinajstić information content (AvgIpc) is 2.24. The summed E-state index contributed by atoms with van der Waals surface area (Å²) in [6, 6.07) is 0. The molecule has 0 amide bonds. The standard InChI is InChI=1S/C14H28O3/c1-12(2)8-7-9-13(3)10-11-16-17-14(4,5)15-6/h8,13H,7,9-11H2,1-6H3. The minimum Gasteiger partial charge on any atom is -0.351 e. The fourth-order valence-electron chi connectivity index (χ4n) is 1.27. The van der Waals surface area contributed by atoms with Crippen LogP contribution >= 0.6 is 0 Å². The van der Waals surface area contributed by atoms with Crippen LogP contribution in [0.5, 0.6) is 0 Å². The summed E-state index contributed by atoms with van der Waals surface area (Å²) >= 11 is 0. The first-order valence-corrected chi connectivity index (χ1v) is 6.36. The Bertz CT molecular complexity index is 218. The summed E-state index contributed by atoms with van der Waals surface area (Å²) in [5, 5.41) is 0. The Morgan fingerprint density at radius 2 is 1.88 bits per heavy atom. The molecule has 0 saturated heterocycles. The highest BCUT2D eigenvalue weighted by atomic mass is 17.2. The van der Waals surface area contributed by atoms with Gasteiger partial charge >= 0.3 is 0 Å². The predicted octanol–water partition coefficient (Wildman–Crippen LogP) is 4.09. The van der Waals surface area contributed by atoms with E-state index < -0.39 is 5.79 Å². The number of methoxy groups -OCH3 is 1. The summed E-state index contributed by atoms with van der Waals surface area (Å²) < 4.78 is 5.08. The molecule has 1 unspecified atom stereocenters. The van der Waals surface area contributed by atoms with Gasteiger partial charge in [0.05, 0.1) is 6.61 Å². The monoisotopic (exact) mass is 244 g/mol. The molecule has 0 fully saturated rings. The van der Waals surface area contributed by atoms with Gasteiger partial charge in [-0.2, -0.15) is 0 Å². The fraction of sp³-hybridized carbons (Fsp3) is 0.857. The molecule has 1 atom stereocenters. The van der Waals surface area contributed by atoms with Crippen molar-refractivity contribution in [3.8, 4) is 0 Å². The van der Waals surface area contributed by atoms with Gasteiger partial charge in [0.2, 0.25) is 0 Å². The van der Waals surface area contributed by atoms with E-state index in [0.29, 0.717) is 12.5 Å². The van der Waals surface area contributed by atoms with Crippen LogP contribution in [-0.2, 0) is 14.5 Å². The highest BCUT2D eigenvalue weighted by Crippen LogP contribution is 2.14. The van der Waals surface area contributed by atoms with Gasteiger partial charge in [-0.15, -0.1) is 0 Å². The Morgan fingerprint density at radius 3 is 2.41 bits per heavy atom. The van der Waals surface area contributed by atoms with E-state index in [1.54, 1.807) is 7.11 Å². The maximum Gasteiger partial charge on any atom is 0.195 e. The van der Waals surface area contributed by atoms with Gasteiger partial charge in [0.25, 0.3) is 0 Å². The smallest absolute Gasteiger partial charge is 0.195 e. The van der Waals surface area contributed by atoms with E-state index in [1.807, 2.05) is 13.8 Å². The topological polar surface area (TPSA) is 27.7 Å². The summed E-state index contributed by atoms with van der Waals surface area (Å²) in [6.45, 7) is 10.8. The van der Waals surface area contributed by atoms with Crippen molar-refractivity contribution in [2.75, 3.05) is 13.7 Å². The van der Waals surface area contributed by atoms with Gasteiger partial charge in [0.1, 0.15) is 0 Å². The number of hydrogen-bond donors (Lipinski definition) is 0. The van der Waals surface area contributed by atoms with Crippen molar-refractivity contribution in [1.29, 1.82) is 0 Å². The molecule has 3 heteroatoms. The lowest BCUT2D eigenvalue weighted by atomic mass is 10.0. The van der Waals surface area contributed by atoms with Crippen molar-refractivity contribution in [2.24, 2.45) is 5.92 Å². The zero-order valence-corrected chi connectivity index (χ0v) is 12.2. The van der Waals surface area contributed by atoms with E-state index in [9.17, 15) is 0 Å². The highest BCUT2D eigenvalue weighted by molar-refractivity contribution is 4.92. The van der Waals surface area contributed by atoms with E-state index in [-0.39, 0.29) is 0 Å². The van der Waals surface area contributed by atoms with Crippen molar-refractivity contribution in [1.82, 2.24) is 0 Å². The van der Waals surface area contributed by atoms with Crippen molar-refractivity contribution in [3.05, 3.63) is 11.6 Å². The molecule has 102 valence electrons. The molecule has 0 saturated carbocycles. The Morgan fingerprint density at radius 1 is 1.24 bits per heavy atom. The minimum absolute atomic E-state index is 0.614. The number of ether oxygens (including phenoxy) is 1. The second-order valence-corrected chi connectivity index (χ2v) is 5.26. The normalized spacial score (nSPS) is 13.5. The fourth-order valence-corrected chi connectivity index (χ4v) is 1.27. The van der Waals surface area contributed by atoms with Gasteiger partial charge in [-0.3, -0.25) is 0 Å². The van der Waals surface area contributed by atoms with Crippen LogP contribution in [0.15, 0.2) is 11.6 Å². The number of rotatable bonds is 9. The molecule has 0 heterocycles. The molecule has 0 aliphatic heterocycles. The van der Waals surface area contributed by atoms with Crippen LogP contribution in [0.4, 0.5) is 0 Å². The van der Waals surface area contributed by atoms with E-state index in [2.05, 4.69) is 26.8 Å². The van der Waals surface area contributed by atoms with Crippen LogP contribution in [0.2, 0.25) is 0 Å². The maximum atomic E-state index is 5.15. The number of hydrogen-bond acceptors (Lipinski definition) is 3. The summed E-state index contributed by atoms with van der Waals surface area (Å²) in [7, 11) is 1.60. The van der Waals surface area contributed by atoms with Crippen LogP contribution in [0.1, 0.15) is 53.9 Å². The molecule has 0 aliphatic carbocycles. The molecule has 0 spiro atoms. The maximum absolute atomic E-state index is 5.15. The highest BCUT2D eigenvalue weighted by Gasteiger charge is 2.17. The van der Waals surface area contributed by atoms with Crippen LogP contribution in [0, 0.1) is 5.92 Å². The first-order chi connectivity index (χ1) is 7.87. The molecule has 3 nitrogen and oxygen atoms in total. The molecule has 0 rings (SSSR count). The van der Waals surface area contributed by atoms with Crippen molar-refractivity contribution in [2.45, 2.75) is 59.7 Å². The zero-order chi connectivity index (χ0) is 13.3. The van der Waals surface area contributed by atoms with Crippen molar-refractivity contribution in [3.63, 3.8) is 0 Å². The van der Waals surface area contributed by atoms with E-state index in [4.69, 9.17) is 14.5 Å². The third-order valence-corrected chi connectivity index (χ3v) is 2.66. The zero-order valence-electron chi connectivity index (χ0n) is 12.2. The molecular weight excluding hydrogens is 216 g/mol. The van der Waals surface area contributed by atoms with Gasteiger partial charge in [-0.05, 0) is 52.9 Å². The molecule has 0 radical (unpaired) electrons. The predicted molar refractivity (Wildman–Crippen MR) is 70.6 cm³/mol. The lowest BCUT2D eigenvalue weighted by molar-refractivity contribution is -0.413. The average molecular weight is 244 g/mol. The van der Waals surface area contributed by atoms with E-state index in [1.165, 1.54) is 12.0 Å². The Hall–Kier alpha value is -0.380. The van der Waals surface area contributed by atoms with Crippen LogP contribution in [0.25, 0.3) is 0 Å². The van der Waals surface area contributed by atoms with Gasteiger partial charge in [-0.25, -0.2) is 9.78 Å². The van der Waals surface area contributed by atoms with Crippen molar-refractivity contribution < 1.29 is 14.5 Å². The minimum atomic E-state index is -0.661. The third kappa shape index (κ3) is 10.5. The van der Waals surface area contributed by atoms with E-state index in [0.717, 1.165) is 12.8 Å². The second-order valence-electron chi connectivity index (χ2n) is 5.26. The molecule has 0 N–H and O–H groups in total. The van der Waals surface area contributed by atoms with Crippen LogP contribution < -0.4 is 0 Å². The number of allylic oxidation sites excluding steroid dienone is 2. The lowest BCUT2D eigenvalue weighted by Gasteiger charge is -2.21. The second kappa shape index (κ2) is 8.67. The van der Waals surface area contributed by atoms with Gasteiger partial charge in [0.15, 0.2) is 5.79 Å². The molecule has 17 heavy (non-hydrogen) atoms. The van der Waals surface area contributed by atoms with Crippen LogP contribution in [-0.4, -0.2) is 19.5 Å². The Labute approximate surface area is 106 Å². The Kier molecular flexibility index (Phi) is 8.48. The first kappa shape index (κ1) is 16.6. The first-order valence-electron chi connectivity index (χ1n) is 6.36. The van der Waals surface area contributed by atoms with Gasteiger partial charge < -0.3 is 4.74 Å². The lowest BCUT2D eigenvalue weighted by Crippen LogP contribution is -2.27. The quantitative estimate of drug-likeness (QED) is 0.201. The van der Waals surface area contributed by atoms with Crippen molar-refractivity contribution >= 4 is 0 Å². The Balaban J connectivity index is 3.52.